The zero-order valence-electron chi connectivity index (χ0n) is 16.1. The zero-order valence-corrected chi connectivity index (χ0v) is 16.1. The van der Waals surface area contributed by atoms with Crippen molar-refractivity contribution in [3.8, 4) is 0 Å². The Morgan fingerprint density at radius 1 is 1.14 bits per heavy atom. The number of unbranched alkanes of at least 4 members (excludes halogenated alkanes) is 2. The SMILES string of the molecule is CCCCCC(C)NCCN(C(=O)OC(C)(C)C)C(C)(C)C. The molecule has 0 saturated heterocycles. The Kier molecular flexibility index (Phi) is 9.06. The average Bonchev–Trinajstić information content (AvgIpc) is 2.31. The standard InChI is InChI=1S/C18H38N2O2/c1-9-10-11-12-15(2)19-13-14-20(17(3,4)5)16(21)22-18(6,7)8/h15,19H,9-14H2,1-8H3. The highest BCUT2D eigenvalue weighted by atomic mass is 16.6. The summed E-state index contributed by atoms with van der Waals surface area (Å²) < 4.78 is 5.52. The molecule has 1 N–H and O–H groups in total. The van der Waals surface area contributed by atoms with Gasteiger partial charge in [-0.3, -0.25) is 0 Å². The largest absolute Gasteiger partial charge is 0.444 e. The highest BCUT2D eigenvalue weighted by Gasteiger charge is 2.30. The minimum atomic E-state index is -0.457. The third kappa shape index (κ3) is 10.0. The van der Waals surface area contributed by atoms with Crippen LogP contribution in [-0.2, 0) is 4.74 Å². The van der Waals surface area contributed by atoms with E-state index < -0.39 is 5.60 Å². The van der Waals surface area contributed by atoms with Crippen molar-refractivity contribution in [2.24, 2.45) is 0 Å². The van der Waals surface area contributed by atoms with E-state index in [4.69, 9.17) is 4.74 Å². The molecular formula is C18H38N2O2. The van der Waals surface area contributed by atoms with Crippen LogP contribution in [0.2, 0.25) is 0 Å². The second-order valence-corrected chi connectivity index (χ2v) is 8.15. The molecule has 4 heteroatoms. The van der Waals surface area contributed by atoms with Gasteiger partial charge in [-0.15, -0.1) is 0 Å². The molecule has 0 fully saturated rings. The normalized spacial score (nSPS) is 13.8. The third-order valence-corrected chi connectivity index (χ3v) is 3.49. The van der Waals surface area contributed by atoms with Crippen LogP contribution >= 0.6 is 0 Å². The maximum Gasteiger partial charge on any atom is 0.410 e. The molecule has 0 rings (SSSR count). The van der Waals surface area contributed by atoms with Crippen LogP contribution in [0.4, 0.5) is 4.79 Å². The monoisotopic (exact) mass is 314 g/mol. The smallest absolute Gasteiger partial charge is 0.410 e. The summed E-state index contributed by atoms with van der Waals surface area (Å²) in [5, 5.41) is 3.51. The molecule has 22 heavy (non-hydrogen) atoms. The van der Waals surface area contributed by atoms with Gasteiger partial charge in [0.15, 0.2) is 0 Å². The topological polar surface area (TPSA) is 41.6 Å². The van der Waals surface area contributed by atoms with Crippen molar-refractivity contribution in [3.63, 3.8) is 0 Å². The number of amides is 1. The van der Waals surface area contributed by atoms with Crippen molar-refractivity contribution in [2.45, 2.75) is 98.3 Å². The van der Waals surface area contributed by atoms with E-state index in [-0.39, 0.29) is 11.6 Å². The van der Waals surface area contributed by atoms with Crippen LogP contribution in [0.5, 0.6) is 0 Å². The Hall–Kier alpha value is -0.770. The summed E-state index contributed by atoms with van der Waals surface area (Å²) in [5.74, 6) is 0. The van der Waals surface area contributed by atoms with Gasteiger partial charge < -0.3 is 15.0 Å². The van der Waals surface area contributed by atoms with E-state index in [0.29, 0.717) is 12.6 Å². The molecule has 0 aliphatic rings. The number of carbonyl (C=O) groups is 1. The first-order valence-electron chi connectivity index (χ1n) is 8.71. The molecule has 0 aromatic rings. The average molecular weight is 315 g/mol. The fourth-order valence-corrected chi connectivity index (χ4v) is 2.24. The number of carbonyl (C=O) groups excluding carboxylic acids is 1. The van der Waals surface area contributed by atoms with Crippen molar-refractivity contribution in [1.82, 2.24) is 10.2 Å². The van der Waals surface area contributed by atoms with E-state index in [0.717, 1.165) is 6.54 Å². The molecule has 0 bridgehead atoms. The molecule has 0 aliphatic heterocycles. The van der Waals surface area contributed by atoms with Gasteiger partial charge in [-0.05, 0) is 54.9 Å². The van der Waals surface area contributed by atoms with E-state index in [1.807, 2.05) is 46.4 Å². The van der Waals surface area contributed by atoms with Crippen molar-refractivity contribution >= 4 is 6.09 Å². The number of ether oxygens (including phenoxy) is 1. The van der Waals surface area contributed by atoms with Crippen molar-refractivity contribution in [3.05, 3.63) is 0 Å². The molecule has 0 spiro atoms. The summed E-state index contributed by atoms with van der Waals surface area (Å²) in [6.45, 7) is 17.7. The molecule has 1 amide bonds. The molecule has 132 valence electrons. The predicted octanol–water partition coefficient (Wildman–Crippen LogP) is 4.58. The first-order valence-corrected chi connectivity index (χ1v) is 8.71. The van der Waals surface area contributed by atoms with Crippen LogP contribution in [-0.4, -0.2) is 41.3 Å². The lowest BCUT2D eigenvalue weighted by atomic mass is 10.1. The van der Waals surface area contributed by atoms with Crippen LogP contribution in [0.15, 0.2) is 0 Å². The maximum atomic E-state index is 12.4. The van der Waals surface area contributed by atoms with Gasteiger partial charge in [0, 0.05) is 24.7 Å². The second-order valence-electron chi connectivity index (χ2n) is 8.15. The van der Waals surface area contributed by atoms with Crippen LogP contribution in [0.3, 0.4) is 0 Å². The summed E-state index contributed by atoms with van der Waals surface area (Å²) >= 11 is 0. The minimum absolute atomic E-state index is 0.236. The molecule has 0 aromatic heterocycles. The number of nitrogens with one attached hydrogen (secondary N) is 1. The van der Waals surface area contributed by atoms with Crippen LogP contribution < -0.4 is 5.32 Å². The summed E-state index contributed by atoms with van der Waals surface area (Å²) in [6.07, 6.45) is 4.76. The first-order chi connectivity index (χ1) is 9.97. The van der Waals surface area contributed by atoms with E-state index in [1.165, 1.54) is 25.7 Å². The summed E-state index contributed by atoms with van der Waals surface area (Å²) in [6, 6.07) is 0.493. The van der Waals surface area contributed by atoms with Gasteiger partial charge in [0.1, 0.15) is 5.60 Å². The maximum absolute atomic E-state index is 12.4. The van der Waals surface area contributed by atoms with Crippen LogP contribution in [0, 0.1) is 0 Å². The number of rotatable bonds is 8. The molecule has 1 unspecified atom stereocenters. The highest BCUT2D eigenvalue weighted by Crippen LogP contribution is 2.18. The molecule has 0 aliphatic carbocycles. The quantitative estimate of drug-likeness (QED) is 0.667. The van der Waals surface area contributed by atoms with E-state index >= 15 is 0 Å². The van der Waals surface area contributed by atoms with E-state index in [2.05, 4.69) is 19.2 Å². The van der Waals surface area contributed by atoms with Crippen molar-refractivity contribution < 1.29 is 9.53 Å². The van der Waals surface area contributed by atoms with Gasteiger partial charge in [-0.25, -0.2) is 4.79 Å². The molecule has 0 heterocycles. The summed E-state index contributed by atoms with van der Waals surface area (Å²) in [4.78, 5) is 14.2. The number of hydrogen-bond donors (Lipinski definition) is 1. The molecular weight excluding hydrogens is 276 g/mol. The summed E-state index contributed by atoms with van der Waals surface area (Å²) in [7, 11) is 0. The fourth-order valence-electron chi connectivity index (χ4n) is 2.24. The Labute approximate surface area is 138 Å². The molecule has 1 atom stereocenters. The number of hydrogen-bond acceptors (Lipinski definition) is 3. The first kappa shape index (κ1) is 21.2. The van der Waals surface area contributed by atoms with Gasteiger partial charge in [0.25, 0.3) is 0 Å². The molecule has 0 radical (unpaired) electrons. The number of nitrogens with zero attached hydrogens (tertiary/aromatic N) is 1. The molecule has 0 saturated carbocycles. The minimum Gasteiger partial charge on any atom is -0.444 e. The van der Waals surface area contributed by atoms with Gasteiger partial charge in [-0.1, -0.05) is 26.2 Å². The highest BCUT2D eigenvalue weighted by molar-refractivity contribution is 5.69. The fraction of sp³-hybridized carbons (Fsp3) is 0.944. The Balaban J connectivity index is 4.36. The Bertz CT molecular complexity index is 316. The van der Waals surface area contributed by atoms with Crippen molar-refractivity contribution in [2.75, 3.05) is 13.1 Å². The van der Waals surface area contributed by atoms with Gasteiger partial charge in [-0.2, -0.15) is 0 Å². The predicted molar refractivity (Wildman–Crippen MR) is 94.3 cm³/mol. The van der Waals surface area contributed by atoms with Gasteiger partial charge >= 0.3 is 6.09 Å². The third-order valence-electron chi connectivity index (χ3n) is 3.49. The Morgan fingerprint density at radius 2 is 1.73 bits per heavy atom. The second kappa shape index (κ2) is 9.39. The molecule has 0 aromatic carbocycles. The molecule has 4 nitrogen and oxygen atoms in total. The van der Waals surface area contributed by atoms with E-state index in [9.17, 15) is 4.79 Å². The Morgan fingerprint density at radius 3 is 2.18 bits per heavy atom. The van der Waals surface area contributed by atoms with E-state index in [1.54, 1.807) is 0 Å². The summed E-state index contributed by atoms with van der Waals surface area (Å²) in [5.41, 5.74) is -0.698. The lowest BCUT2D eigenvalue weighted by Crippen LogP contribution is -2.50. The van der Waals surface area contributed by atoms with Gasteiger partial charge in [0.05, 0.1) is 0 Å². The van der Waals surface area contributed by atoms with Gasteiger partial charge in [0.2, 0.25) is 0 Å². The van der Waals surface area contributed by atoms with Crippen LogP contribution in [0.25, 0.3) is 0 Å². The van der Waals surface area contributed by atoms with Crippen molar-refractivity contribution in [1.29, 1.82) is 0 Å². The van der Waals surface area contributed by atoms with Crippen LogP contribution in [0.1, 0.15) is 81.1 Å². The zero-order chi connectivity index (χ0) is 17.4. The lowest BCUT2D eigenvalue weighted by molar-refractivity contribution is 0.00647. The lowest BCUT2D eigenvalue weighted by Gasteiger charge is -2.37.